The molecule has 0 radical (unpaired) electrons. The van der Waals surface area contributed by atoms with Crippen LogP contribution in [0.4, 0.5) is 0 Å². The highest BCUT2D eigenvalue weighted by molar-refractivity contribution is 6.37. The van der Waals surface area contributed by atoms with Crippen LogP contribution in [0.15, 0.2) is 48.5 Å². The average molecular weight is 210 g/mol. The monoisotopic (exact) mass is 210 g/mol. The molecule has 0 spiro atoms. The van der Waals surface area contributed by atoms with Gasteiger partial charge in [-0.15, -0.1) is 0 Å². The third kappa shape index (κ3) is 1.84. The molecule has 0 aromatic heterocycles. The van der Waals surface area contributed by atoms with Crippen LogP contribution in [-0.2, 0) is 0 Å². The number of hydrogen-bond donors (Lipinski definition) is 1. The molecule has 2 aromatic carbocycles. The van der Waals surface area contributed by atoms with Crippen LogP contribution in [0.2, 0.25) is 0 Å². The van der Waals surface area contributed by atoms with Gasteiger partial charge in [-0.05, 0) is 12.1 Å². The van der Waals surface area contributed by atoms with Crippen LogP contribution < -0.4 is 5.46 Å². The van der Waals surface area contributed by atoms with Gasteiger partial charge in [0, 0.05) is 5.56 Å². The van der Waals surface area contributed by atoms with Crippen molar-refractivity contribution in [2.45, 2.75) is 0 Å². The molecule has 2 rings (SSSR count). The van der Waals surface area contributed by atoms with Gasteiger partial charge in [0.05, 0.1) is 5.56 Å². The molecular formula is C13H11BO2. The molecule has 0 bridgehead atoms. The molecule has 0 aliphatic rings. The molecule has 2 aromatic rings. The Kier molecular flexibility index (Phi) is 2.77. The second kappa shape index (κ2) is 4.23. The molecule has 0 saturated heterocycles. The summed E-state index contributed by atoms with van der Waals surface area (Å²) in [5.74, 6) is -0.119. The van der Waals surface area contributed by atoms with E-state index in [1.807, 2.05) is 26.0 Å². The van der Waals surface area contributed by atoms with E-state index < -0.39 is 0 Å². The fraction of sp³-hybridized carbons (Fsp3) is 0. The van der Waals surface area contributed by atoms with Crippen molar-refractivity contribution in [2.75, 3.05) is 0 Å². The molecule has 78 valence electrons. The standard InChI is InChI=1S/C13H11BO2/c14-11-7-3-1-5-9(11)13(16)10-6-2-4-8-12(10)15/h1-8,15H,14H2. The third-order valence-corrected chi connectivity index (χ3v) is 2.54. The van der Waals surface area contributed by atoms with Gasteiger partial charge in [0.15, 0.2) is 5.78 Å². The largest absolute Gasteiger partial charge is 0.507 e. The molecule has 2 nitrogen and oxygen atoms in total. The van der Waals surface area contributed by atoms with Crippen LogP contribution in [0.5, 0.6) is 5.75 Å². The molecule has 0 atom stereocenters. The number of carbonyl (C=O) groups is 1. The maximum absolute atomic E-state index is 12.1. The Morgan fingerprint density at radius 1 is 0.938 bits per heavy atom. The van der Waals surface area contributed by atoms with E-state index in [1.54, 1.807) is 24.3 Å². The van der Waals surface area contributed by atoms with Gasteiger partial charge in [-0.3, -0.25) is 4.79 Å². The van der Waals surface area contributed by atoms with Crippen molar-refractivity contribution in [1.29, 1.82) is 0 Å². The fourth-order valence-corrected chi connectivity index (χ4v) is 1.64. The number of hydrogen-bond acceptors (Lipinski definition) is 2. The number of phenols is 1. The molecule has 16 heavy (non-hydrogen) atoms. The summed E-state index contributed by atoms with van der Waals surface area (Å²) in [7, 11) is 1.88. The van der Waals surface area contributed by atoms with Crippen molar-refractivity contribution in [1.82, 2.24) is 0 Å². The summed E-state index contributed by atoms with van der Waals surface area (Å²) in [5, 5.41) is 9.61. The Labute approximate surface area is 95.0 Å². The molecular weight excluding hydrogens is 199 g/mol. The molecule has 0 fully saturated rings. The SMILES string of the molecule is Bc1ccccc1C(=O)c1ccccc1O. The quantitative estimate of drug-likeness (QED) is 0.590. The highest BCUT2D eigenvalue weighted by Crippen LogP contribution is 2.18. The first-order valence-electron chi connectivity index (χ1n) is 5.08. The molecule has 3 heteroatoms. The summed E-state index contributed by atoms with van der Waals surface area (Å²) >= 11 is 0. The van der Waals surface area contributed by atoms with Crippen molar-refractivity contribution in [3.63, 3.8) is 0 Å². The van der Waals surface area contributed by atoms with Crippen LogP contribution in [0.25, 0.3) is 0 Å². The zero-order valence-corrected chi connectivity index (χ0v) is 8.97. The lowest BCUT2D eigenvalue weighted by atomic mass is 9.87. The van der Waals surface area contributed by atoms with Crippen LogP contribution in [-0.4, -0.2) is 18.7 Å². The Hall–Kier alpha value is -2.03. The summed E-state index contributed by atoms with van der Waals surface area (Å²) < 4.78 is 0. The average Bonchev–Trinajstić information content (AvgIpc) is 2.29. The van der Waals surface area contributed by atoms with Gasteiger partial charge in [-0.2, -0.15) is 0 Å². The van der Waals surface area contributed by atoms with Gasteiger partial charge in [0.25, 0.3) is 0 Å². The molecule has 0 aliphatic carbocycles. The topological polar surface area (TPSA) is 37.3 Å². The predicted molar refractivity (Wildman–Crippen MR) is 66.2 cm³/mol. The smallest absolute Gasteiger partial charge is 0.196 e. The van der Waals surface area contributed by atoms with E-state index in [-0.39, 0.29) is 11.5 Å². The summed E-state index contributed by atoms with van der Waals surface area (Å²) in [6.45, 7) is 0. The highest BCUT2D eigenvalue weighted by atomic mass is 16.3. The van der Waals surface area contributed by atoms with E-state index >= 15 is 0 Å². The molecule has 0 heterocycles. The van der Waals surface area contributed by atoms with Crippen molar-refractivity contribution >= 4 is 19.1 Å². The number of ketones is 1. The lowest BCUT2D eigenvalue weighted by Crippen LogP contribution is -2.16. The van der Waals surface area contributed by atoms with Crippen molar-refractivity contribution in [3.8, 4) is 5.75 Å². The maximum atomic E-state index is 12.1. The Balaban J connectivity index is 2.48. The number of phenolic OH excluding ortho intramolecular Hbond substituents is 1. The van der Waals surface area contributed by atoms with Crippen LogP contribution in [0.1, 0.15) is 15.9 Å². The van der Waals surface area contributed by atoms with Crippen molar-refractivity contribution in [2.24, 2.45) is 0 Å². The summed E-state index contributed by atoms with van der Waals surface area (Å²) in [6, 6.07) is 13.9. The highest BCUT2D eigenvalue weighted by Gasteiger charge is 2.13. The third-order valence-electron chi connectivity index (χ3n) is 2.54. The number of rotatable bonds is 2. The van der Waals surface area contributed by atoms with E-state index in [0.29, 0.717) is 11.1 Å². The molecule has 0 saturated carbocycles. The second-order valence-electron chi connectivity index (χ2n) is 3.66. The number of aromatic hydroxyl groups is 1. The summed E-state index contributed by atoms with van der Waals surface area (Å²) in [5.41, 5.74) is 1.89. The second-order valence-corrected chi connectivity index (χ2v) is 3.66. The van der Waals surface area contributed by atoms with E-state index in [4.69, 9.17) is 0 Å². The zero-order chi connectivity index (χ0) is 11.5. The minimum absolute atomic E-state index is 0.0238. The minimum atomic E-state index is -0.142. The Bertz CT molecular complexity index is 487. The first kappa shape index (κ1) is 10.5. The van der Waals surface area contributed by atoms with Gasteiger partial charge in [-0.1, -0.05) is 41.9 Å². The minimum Gasteiger partial charge on any atom is -0.507 e. The fourth-order valence-electron chi connectivity index (χ4n) is 1.64. The zero-order valence-electron chi connectivity index (χ0n) is 8.97. The van der Waals surface area contributed by atoms with Gasteiger partial charge < -0.3 is 5.11 Å². The first-order valence-corrected chi connectivity index (χ1v) is 5.08. The van der Waals surface area contributed by atoms with Gasteiger partial charge >= 0.3 is 0 Å². The van der Waals surface area contributed by atoms with Crippen molar-refractivity contribution < 1.29 is 9.90 Å². The lowest BCUT2D eigenvalue weighted by molar-refractivity contribution is 0.103. The van der Waals surface area contributed by atoms with E-state index in [9.17, 15) is 9.90 Å². The van der Waals surface area contributed by atoms with E-state index in [0.717, 1.165) is 5.46 Å². The summed E-state index contributed by atoms with van der Waals surface area (Å²) in [6.07, 6.45) is 0. The van der Waals surface area contributed by atoms with Gasteiger partial charge in [0.2, 0.25) is 0 Å². The van der Waals surface area contributed by atoms with Crippen LogP contribution in [0.3, 0.4) is 0 Å². The van der Waals surface area contributed by atoms with E-state index in [2.05, 4.69) is 0 Å². The van der Waals surface area contributed by atoms with Crippen molar-refractivity contribution in [3.05, 3.63) is 59.7 Å². The lowest BCUT2D eigenvalue weighted by Gasteiger charge is -2.06. The Morgan fingerprint density at radius 2 is 1.50 bits per heavy atom. The summed E-state index contributed by atoms with van der Waals surface area (Å²) in [4.78, 5) is 12.1. The molecule has 1 N–H and O–H groups in total. The maximum Gasteiger partial charge on any atom is 0.196 e. The van der Waals surface area contributed by atoms with E-state index in [1.165, 1.54) is 6.07 Å². The molecule has 0 aliphatic heterocycles. The van der Waals surface area contributed by atoms with Crippen LogP contribution >= 0.6 is 0 Å². The molecule has 0 amide bonds. The van der Waals surface area contributed by atoms with Gasteiger partial charge in [0.1, 0.15) is 13.6 Å². The number of benzene rings is 2. The molecule has 0 unspecified atom stereocenters. The number of carbonyl (C=O) groups excluding carboxylic acids is 1. The van der Waals surface area contributed by atoms with Gasteiger partial charge in [-0.25, -0.2) is 0 Å². The Morgan fingerprint density at radius 3 is 2.12 bits per heavy atom. The van der Waals surface area contributed by atoms with Crippen LogP contribution in [0, 0.1) is 0 Å². The predicted octanol–water partition coefficient (Wildman–Crippen LogP) is 0.882. The normalized spacial score (nSPS) is 10.0. The first-order chi connectivity index (χ1) is 7.70. The number of para-hydroxylation sites is 1.